The first-order chi connectivity index (χ1) is 14.7. The summed E-state index contributed by atoms with van der Waals surface area (Å²) in [4.78, 5) is 32.1. The van der Waals surface area contributed by atoms with Gasteiger partial charge in [-0.2, -0.15) is 0 Å². The maximum absolute atomic E-state index is 12.2. The van der Waals surface area contributed by atoms with Crippen LogP contribution in [0.4, 0.5) is 10.5 Å². The van der Waals surface area contributed by atoms with Crippen LogP contribution in [0.5, 0.6) is 0 Å². The van der Waals surface area contributed by atoms with Gasteiger partial charge in [0.1, 0.15) is 5.60 Å². The van der Waals surface area contributed by atoms with Gasteiger partial charge in [0.2, 0.25) is 0 Å². The number of amides is 1. The molecule has 1 fully saturated rings. The van der Waals surface area contributed by atoms with Gasteiger partial charge in [0, 0.05) is 50.7 Å². The van der Waals surface area contributed by atoms with E-state index in [0.29, 0.717) is 25.2 Å². The fraction of sp³-hybridized carbons (Fsp3) is 0.524. The molecule has 0 N–H and O–H groups in total. The van der Waals surface area contributed by atoms with Crippen molar-refractivity contribution in [3.05, 3.63) is 51.8 Å². The van der Waals surface area contributed by atoms with Gasteiger partial charge in [-0.15, -0.1) is 0 Å². The number of benzene rings is 1. The van der Waals surface area contributed by atoms with Crippen LogP contribution < -0.4 is 0 Å². The van der Waals surface area contributed by atoms with Crippen LogP contribution >= 0.6 is 11.8 Å². The predicted octanol–water partition coefficient (Wildman–Crippen LogP) is 3.54. The number of aromatic nitrogens is 2. The second-order valence-corrected chi connectivity index (χ2v) is 9.80. The number of nitro benzene ring substituents is 1. The van der Waals surface area contributed by atoms with Crippen LogP contribution in [0.25, 0.3) is 0 Å². The van der Waals surface area contributed by atoms with E-state index in [9.17, 15) is 14.9 Å². The molecule has 1 aromatic heterocycles. The van der Waals surface area contributed by atoms with Crippen LogP contribution in [0.2, 0.25) is 0 Å². The molecule has 2 aliphatic rings. The lowest BCUT2D eigenvalue weighted by Gasteiger charge is -2.35. The molecule has 1 amide bonds. The molecule has 9 nitrogen and oxygen atoms in total. The molecule has 10 heteroatoms. The van der Waals surface area contributed by atoms with Crippen molar-refractivity contribution in [2.24, 2.45) is 0 Å². The second kappa shape index (κ2) is 8.51. The van der Waals surface area contributed by atoms with Crippen LogP contribution in [-0.4, -0.2) is 67.9 Å². The number of carbonyl (C=O) groups is 1. The summed E-state index contributed by atoms with van der Waals surface area (Å²) in [5, 5.41) is 12.3. The van der Waals surface area contributed by atoms with Gasteiger partial charge in [-0.25, -0.2) is 9.78 Å². The molecular formula is C21H27N5O4S. The number of nitro groups is 1. The third-order valence-electron chi connectivity index (χ3n) is 5.36. The molecule has 3 heterocycles. The van der Waals surface area contributed by atoms with Crippen LogP contribution in [0.3, 0.4) is 0 Å². The molecule has 0 radical (unpaired) electrons. The summed E-state index contributed by atoms with van der Waals surface area (Å²) >= 11 is 1.62. The molecule has 2 aromatic rings. The number of rotatable bonds is 4. The lowest BCUT2D eigenvalue weighted by Crippen LogP contribution is -2.49. The van der Waals surface area contributed by atoms with Gasteiger partial charge in [0.05, 0.1) is 22.2 Å². The lowest BCUT2D eigenvalue weighted by molar-refractivity contribution is -0.385. The number of hydrogen-bond acceptors (Lipinski definition) is 7. The van der Waals surface area contributed by atoms with Gasteiger partial charge in [-0.1, -0.05) is 30.0 Å². The highest BCUT2D eigenvalue weighted by atomic mass is 32.2. The molecule has 1 unspecified atom stereocenters. The van der Waals surface area contributed by atoms with Crippen molar-refractivity contribution >= 4 is 23.5 Å². The molecule has 1 atom stereocenters. The number of thioether (sulfide) groups is 1. The minimum Gasteiger partial charge on any atom is -0.444 e. The Morgan fingerprint density at radius 2 is 1.97 bits per heavy atom. The van der Waals surface area contributed by atoms with Crippen LogP contribution in [0, 0.1) is 10.1 Å². The van der Waals surface area contributed by atoms with E-state index in [0.717, 1.165) is 29.7 Å². The standard InChI is InChI=1S/C21H27N5O4S/c1-21(2,3)30-20(27)24-10-8-23(9-11-24)12-15-13-25-18(14-31-19(25)22-15)16-6-4-5-7-17(16)26(28)29/h4-7,13,18H,8-12,14H2,1-3H3. The van der Waals surface area contributed by atoms with E-state index in [2.05, 4.69) is 9.47 Å². The summed E-state index contributed by atoms with van der Waals surface area (Å²) in [5.74, 6) is 0.738. The number of hydrogen-bond donors (Lipinski definition) is 0. The van der Waals surface area contributed by atoms with E-state index in [4.69, 9.17) is 9.72 Å². The summed E-state index contributed by atoms with van der Waals surface area (Å²) < 4.78 is 7.51. The van der Waals surface area contributed by atoms with Crippen LogP contribution in [0.15, 0.2) is 35.6 Å². The topological polar surface area (TPSA) is 93.7 Å². The van der Waals surface area contributed by atoms with Gasteiger partial charge in [-0.3, -0.25) is 15.0 Å². The first-order valence-electron chi connectivity index (χ1n) is 10.4. The Balaban J connectivity index is 1.39. The summed E-state index contributed by atoms with van der Waals surface area (Å²) in [6.45, 7) is 9.04. The average Bonchev–Trinajstić information content (AvgIpc) is 3.27. The average molecular weight is 446 g/mol. The van der Waals surface area contributed by atoms with E-state index < -0.39 is 5.60 Å². The van der Waals surface area contributed by atoms with Crippen molar-refractivity contribution in [1.82, 2.24) is 19.4 Å². The Morgan fingerprint density at radius 3 is 2.65 bits per heavy atom. The van der Waals surface area contributed by atoms with Crippen molar-refractivity contribution < 1.29 is 14.5 Å². The second-order valence-electron chi connectivity index (χ2n) is 8.81. The fourth-order valence-electron chi connectivity index (χ4n) is 3.88. The van der Waals surface area contributed by atoms with Gasteiger partial charge in [0.15, 0.2) is 5.16 Å². The molecule has 0 saturated carbocycles. The molecule has 31 heavy (non-hydrogen) atoms. The molecular weight excluding hydrogens is 418 g/mol. The third-order valence-corrected chi connectivity index (χ3v) is 6.40. The predicted molar refractivity (Wildman–Crippen MR) is 117 cm³/mol. The SMILES string of the molecule is CC(C)(C)OC(=O)N1CCN(Cc2cn3c(n2)SCC3c2ccccc2[N+](=O)[O-])CC1. The number of nitrogens with zero attached hydrogens (tertiary/aromatic N) is 5. The van der Waals surface area contributed by atoms with Gasteiger partial charge < -0.3 is 14.2 Å². The number of fused-ring (bicyclic) bond motifs is 1. The number of para-hydroxylation sites is 1. The first kappa shape index (κ1) is 21.6. The van der Waals surface area contributed by atoms with Crippen molar-refractivity contribution in [2.75, 3.05) is 31.9 Å². The monoisotopic (exact) mass is 445 g/mol. The molecule has 166 valence electrons. The molecule has 1 saturated heterocycles. The molecule has 0 aliphatic carbocycles. The highest BCUT2D eigenvalue weighted by molar-refractivity contribution is 7.99. The summed E-state index contributed by atoms with van der Waals surface area (Å²) in [5.41, 5.74) is 1.31. The van der Waals surface area contributed by atoms with E-state index in [1.165, 1.54) is 0 Å². The molecule has 1 aromatic carbocycles. The number of ether oxygens (including phenoxy) is 1. The molecule has 2 aliphatic heterocycles. The van der Waals surface area contributed by atoms with Crippen molar-refractivity contribution in [1.29, 1.82) is 0 Å². The van der Waals surface area contributed by atoms with Gasteiger partial charge in [-0.05, 0) is 20.8 Å². The Hall–Kier alpha value is -2.59. The minimum atomic E-state index is -0.493. The Kier molecular flexibility index (Phi) is 5.94. The van der Waals surface area contributed by atoms with Crippen molar-refractivity contribution in [3.8, 4) is 0 Å². The Bertz CT molecular complexity index is 978. The van der Waals surface area contributed by atoms with Gasteiger partial charge in [0.25, 0.3) is 5.69 Å². The largest absolute Gasteiger partial charge is 0.444 e. The van der Waals surface area contributed by atoms with E-state index in [-0.39, 0.29) is 22.7 Å². The zero-order chi connectivity index (χ0) is 22.2. The van der Waals surface area contributed by atoms with Crippen molar-refractivity contribution in [2.45, 2.75) is 44.1 Å². The Labute approximate surface area is 185 Å². The quantitative estimate of drug-likeness (QED) is 0.525. The zero-order valence-corrected chi connectivity index (χ0v) is 18.8. The summed E-state index contributed by atoms with van der Waals surface area (Å²) in [6.07, 6.45) is 1.74. The smallest absolute Gasteiger partial charge is 0.410 e. The Morgan fingerprint density at radius 1 is 1.26 bits per heavy atom. The highest BCUT2D eigenvalue weighted by Gasteiger charge is 2.32. The maximum atomic E-state index is 12.2. The van der Waals surface area contributed by atoms with Crippen LogP contribution in [0.1, 0.15) is 38.1 Å². The van der Waals surface area contributed by atoms with Gasteiger partial charge >= 0.3 is 6.09 Å². The number of carbonyl (C=O) groups excluding carboxylic acids is 1. The van der Waals surface area contributed by atoms with Crippen LogP contribution in [-0.2, 0) is 11.3 Å². The third kappa shape index (κ3) is 4.85. The number of imidazole rings is 1. The maximum Gasteiger partial charge on any atom is 0.410 e. The van der Waals surface area contributed by atoms with E-state index in [1.807, 2.05) is 39.1 Å². The summed E-state index contributed by atoms with van der Waals surface area (Å²) in [6, 6.07) is 6.83. The summed E-state index contributed by atoms with van der Waals surface area (Å²) in [7, 11) is 0. The molecule has 0 spiro atoms. The van der Waals surface area contributed by atoms with Crippen molar-refractivity contribution in [3.63, 3.8) is 0 Å². The fourth-order valence-corrected chi connectivity index (χ4v) is 5.04. The minimum absolute atomic E-state index is 0.0909. The zero-order valence-electron chi connectivity index (χ0n) is 18.0. The van der Waals surface area contributed by atoms with E-state index in [1.54, 1.807) is 28.8 Å². The van der Waals surface area contributed by atoms with E-state index >= 15 is 0 Å². The normalized spacial score (nSPS) is 19.3. The molecule has 0 bridgehead atoms. The molecule has 4 rings (SSSR count). The number of piperazine rings is 1. The highest BCUT2D eigenvalue weighted by Crippen LogP contribution is 2.40. The lowest BCUT2D eigenvalue weighted by atomic mass is 10.1. The first-order valence-corrected chi connectivity index (χ1v) is 11.3.